The van der Waals surface area contributed by atoms with Gasteiger partial charge in [0, 0.05) is 32.1 Å². The van der Waals surface area contributed by atoms with Crippen LogP contribution in [0.4, 0.5) is 0 Å². The van der Waals surface area contributed by atoms with Crippen molar-refractivity contribution in [1.29, 1.82) is 0 Å². The van der Waals surface area contributed by atoms with Crippen LogP contribution in [0, 0.1) is 5.92 Å². The van der Waals surface area contributed by atoms with E-state index in [-0.39, 0.29) is 36.2 Å². The third-order valence-corrected chi connectivity index (χ3v) is 8.26. The topological polar surface area (TPSA) is 86.8 Å². The molecule has 8 heteroatoms. The Morgan fingerprint density at radius 2 is 1.82 bits per heavy atom. The van der Waals surface area contributed by atoms with Crippen molar-refractivity contribution in [3.63, 3.8) is 0 Å². The Morgan fingerprint density at radius 3 is 2.57 bits per heavy atom. The Kier molecular flexibility index (Phi) is 4.24. The summed E-state index contributed by atoms with van der Waals surface area (Å²) in [6, 6.07) is 5.60. The van der Waals surface area contributed by atoms with Crippen LogP contribution in [-0.4, -0.2) is 61.2 Å². The molecule has 150 valence electrons. The van der Waals surface area contributed by atoms with E-state index in [1.54, 1.807) is 11.0 Å². The molecule has 0 aromatic heterocycles. The normalized spacial score (nSPS) is 25.6. The van der Waals surface area contributed by atoms with Gasteiger partial charge in [0.15, 0.2) is 0 Å². The first-order valence-electron chi connectivity index (χ1n) is 10.1. The molecule has 1 N–H and O–H groups in total. The van der Waals surface area contributed by atoms with Crippen molar-refractivity contribution in [1.82, 2.24) is 14.5 Å². The summed E-state index contributed by atoms with van der Waals surface area (Å²) in [6.45, 7) is 1.01. The maximum absolute atomic E-state index is 12.9. The third-order valence-electron chi connectivity index (χ3n) is 6.43. The van der Waals surface area contributed by atoms with Gasteiger partial charge in [0.2, 0.25) is 21.8 Å². The summed E-state index contributed by atoms with van der Waals surface area (Å²) in [6.07, 6.45) is 5.31. The zero-order valence-corrected chi connectivity index (χ0v) is 16.6. The van der Waals surface area contributed by atoms with Crippen LogP contribution >= 0.6 is 0 Å². The number of carbonyl (C=O) groups is 2. The molecule has 1 aromatic carbocycles. The summed E-state index contributed by atoms with van der Waals surface area (Å²) in [5, 5.41) is 2.96. The SMILES string of the molecule is O=C(NC1CC1)C1CC(=O)N(C2CN(S(=O)(=O)c3ccc4c(c3)CCC4)C2)C1. The van der Waals surface area contributed by atoms with E-state index in [1.807, 2.05) is 12.1 Å². The van der Waals surface area contributed by atoms with Crippen molar-refractivity contribution in [3.8, 4) is 0 Å². The van der Waals surface area contributed by atoms with E-state index in [2.05, 4.69) is 5.32 Å². The van der Waals surface area contributed by atoms with Gasteiger partial charge in [0.05, 0.1) is 16.9 Å². The lowest BCUT2D eigenvalue weighted by atomic mass is 10.1. The quantitative estimate of drug-likeness (QED) is 0.783. The smallest absolute Gasteiger partial charge is 0.243 e. The van der Waals surface area contributed by atoms with Crippen LogP contribution in [0.25, 0.3) is 0 Å². The number of hydrogen-bond donors (Lipinski definition) is 1. The second-order valence-corrected chi connectivity index (χ2v) is 10.4. The van der Waals surface area contributed by atoms with E-state index in [4.69, 9.17) is 0 Å². The van der Waals surface area contributed by atoms with E-state index < -0.39 is 10.0 Å². The minimum Gasteiger partial charge on any atom is -0.353 e. The van der Waals surface area contributed by atoms with Gasteiger partial charge in [-0.25, -0.2) is 8.42 Å². The third kappa shape index (κ3) is 3.12. The van der Waals surface area contributed by atoms with Crippen LogP contribution in [0.15, 0.2) is 23.1 Å². The lowest BCUT2D eigenvalue weighted by molar-refractivity contribution is -0.132. The Labute approximate surface area is 165 Å². The molecule has 2 aliphatic heterocycles. The molecular weight excluding hydrogens is 378 g/mol. The summed E-state index contributed by atoms with van der Waals surface area (Å²) in [7, 11) is -3.53. The molecule has 1 atom stereocenters. The summed E-state index contributed by atoms with van der Waals surface area (Å²) in [5.74, 6) is -0.397. The number of likely N-dealkylation sites (tertiary alicyclic amines) is 1. The molecule has 0 radical (unpaired) electrons. The minimum atomic E-state index is -3.53. The number of aryl methyl sites for hydroxylation is 2. The van der Waals surface area contributed by atoms with Crippen molar-refractivity contribution in [2.75, 3.05) is 19.6 Å². The molecule has 1 saturated carbocycles. The molecule has 0 spiro atoms. The summed E-state index contributed by atoms with van der Waals surface area (Å²) < 4.78 is 27.3. The van der Waals surface area contributed by atoms with Gasteiger partial charge in [0.25, 0.3) is 0 Å². The fourth-order valence-electron chi connectivity index (χ4n) is 4.47. The van der Waals surface area contributed by atoms with Gasteiger partial charge >= 0.3 is 0 Å². The average molecular weight is 404 g/mol. The molecule has 28 heavy (non-hydrogen) atoms. The number of amides is 2. The van der Waals surface area contributed by atoms with Crippen LogP contribution in [0.1, 0.15) is 36.8 Å². The number of nitrogens with one attached hydrogen (secondary N) is 1. The largest absolute Gasteiger partial charge is 0.353 e. The first-order valence-corrected chi connectivity index (χ1v) is 11.6. The molecule has 5 rings (SSSR count). The van der Waals surface area contributed by atoms with Gasteiger partial charge in [-0.3, -0.25) is 9.59 Å². The molecule has 0 bridgehead atoms. The maximum Gasteiger partial charge on any atom is 0.243 e. The number of sulfonamides is 1. The molecule has 3 fully saturated rings. The fraction of sp³-hybridized carbons (Fsp3) is 0.600. The highest BCUT2D eigenvalue weighted by Crippen LogP contribution is 2.31. The van der Waals surface area contributed by atoms with E-state index in [0.717, 1.165) is 37.7 Å². The lowest BCUT2D eigenvalue weighted by Gasteiger charge is -2.43. The molecule has 1 aromatic rings. The van der Waals surface area contributed by atoms with Crippen molar-refractivity contribution in [3.05, 3.63) is 29.3 Å². The molecule has 2 amide bonds. The first kappa shape index (κ1) is 18.1. The van der Waals surface area contributed by atoms with Crippen molar-refractivity contribution >= 4 is 21.8 Å². The molecule has 2 aliphatic carbocycles. The van der Waals surface area contributed by atoms with Crippen molar-refractivity contribution in [2.45, 2.75) is 55.5 Å². The van der Waals surface area contributed by atoms with E-state index in [9.17, 15) is 18.0 Å². The number of carbonyl (C=O) groups excluding carboxylic acids is 2. The molecule has 4 aliphatic rings. The lowest BCUT2D eigenvalue weighted by Crippen LogP contribution is -2.61. The van der Waals surface area contributed by atoms with Crippen LogP contribution in [0.2, 0.25) is 0 Å². The Balaban J connectivity index is 1.22. The fourth-order valence-corrected chi connectivity index (χ4v) is 6.04. The number of fused-ring (bicyclic) bond motifs is 1. The second-order valence-electron chi connectivity index (χ2n) is 8.49. The van der Waals surface area contributed by atoms with Gasteiger partial charge in [0.1, 0.15) is 0 Å². The Hall–Kier alpha value is -1.93. The van der Waals surface area contributed by atoms with Gasteiger partial charge in [-0.1, -0.05) is 6.07 Å². The molecule has 1 unspecified atom stereocenters. The predicted octanol–water partition coefficient (Wildman–Crippen LogP) is 0.675. The summed E-state index contributed by atoms with van der Waals surface area (Å²) in [5.41, 5.74) is 2.39. The molecular formula is C20H25N3O4S. The molecule has 2 heterocycles. The standard InChI is InChI=1S/C20H25N3O4S/c24-19-9-15(20(25)21-16-5-6-16)10-23(19)17-11-22(12-17)28(26,27)18-7-4-13-2-1-3-14(13)8-18/h4,7-8,15-17H,1-3,5-6,9-12H2,(H,21,25). The average Bonchev–Trinajstić information content (AvgIpc) is 3.16. The predicted molar refractivity (Wildman–Crippen MR) is 102 cm³/mol. The number of rotatable bonds is 5. The first-order chi connectivity index (χ1) is 13.4. The monoisotopic (exact) mass is 403 g/mol. The van der Waals surface area contributed by atoms with Crippen LogP contribution < -0.4 is 5.32 Å². The molecule has 2 saturated heterocycles. The van der Waals surface area contributed by atoms with E-state index in [1.165, 1.54) is 9.87 Å². The van der Waals surface area contributed by atoms with Gasteiger partial charge in [-0.05, 0) is 55.4 Å². The van der Waals surface area contributed by atoms with Gasteiger partial charge in [-0.15, -0.1) is 0 Å². The van der Waals surface area contributed by atoms with Crippen LogP contribution in [0.5, 0.6) is 0 Å². The second kappa shape index (κ2) is 6.56. The van der Waals surface area contributed by atoms with Crippen LogP contribution in [-0.2, 0) is 32.5 Å². The summed E-state index contributed by atoms with van der Waals surface area (Å²) >= 11 is 0. The highest BCUT2D eigenvalue weighted by Gasteiger charge is 2.46. The van der Waals surface area contributed by atoms with E-state index in [0.29, 0.717) is 24.5 Å². The van der Waals surface area contributed by atoms with E-state index >= 15 is 0 Å². The van der Waals surface area contributed by atoms with Crippen molar-refractivity contribution < 1.29 is 18.0 Å². The highest BCUT2D eigenvalue weighted by molar-refractivity contribution is 7.89. The number of hydrogen-bond acceptors (Lipinski definition) is 4. The highest BCUT2D eigenvalue weighted by atomic mass is 32.2. The maximum atomic E-state index is 12.9. The zero-order valence-electron chi connectivity index (χ0n) is 15.8. The minimum absolute atomic E-state index is 0.0414. The van der Waals surface area contributed by atoms with Gasteiger partial charge in [-0.2, -0.15) is 4.31 Å². The zero-order chi connectivity index (χ0) is 19.5. The Morgan fingerprint density at radius 1 is 1.07 bits per heavy atom. The van der Waals surface area contributed by atoms with Crippen molar-refractivity contribution in [2.24, 2.45) is 5.92 Å². The summed E-state index contributed by atoms with van der Waals surface area (Å²) in [4.78, 5) is 26.6. The Bertz CT molecular complexity index is 935. The molecule has 7 nitrogen and oxygen atoms in total. The number of benzene rings is 1. The van der Waals surface area contributed by atoms with Gasteiger partial charge < -0.3 is 10.2 Å². The van der Waals surface area contributed by atoms with Crippen LogP contribution in [0.3, 0.4) is 0 Å². The number of nitrogens with zero attached hydrogens (tertiary/aromatic N) is 2.